The Bertz CT molecular complexity index is 416. The molecule has 0 radical (unpaired) electrons. The molecule has 3 nitrogen and oxygen atoms in total. The van der Waals surface area contributed by atoms with Crippen molar-refractivity contribution < 1.29 is 23.1 Å². The highest BCUT2D eigenvalue weighted by Crippen LogP contribution is 2.49. The van der Waals surface area contributed by atoms with Crippen LogP contribution in [-0.2, 0) is 4.79 Å². The van der Waals surface area contributed by atoms with Crippen molar-refractivity contribution in [3.8, 4) is 0 Å². The van der Waals surface area contributed by atoms with Gasteiger partial charge in [-0.15, -0.1) is 0 Å². The minimum absolute atomic E-state index is 0.00958. The van der Waals surface area contributed by atoms with E-state index in [1.54, 1.807) is 0 Å². The molecule has 0 aromatic carbocycles. The molecule has 1 amide bonds. The lowest BCUT2D eigenvalue weighted by atomic mass is 9.85. The first-order chi connectivity index (χ1) is 9.78. The highest BCUT2D eigenvalue weighted by molar-refractivity contribution is 5.76. The van der Waals surface area contributed by atoms with E-state index in [0.717, 1.165) is 12.3 Å². The van der Waals surface area contributed by atoms with Gasteiger partial charge in [-0.1, -0.05) is 6.42 Å². The second kappa shape index (κ2) is 5.14. The van der Waals surface area contributed by atoms with Crippen LogP contribution in [0.25, 0.3) is 0 Å². The molecule has 3 atom stereocenters. The minimum atomic E-state index is -4.60. The average molecular weight is 305 g/mol. The van der Waals surface area contributed by atoms with Crippen LogP contribution in [0, 0.1) is 17.8 Å². The Labute approximate surface area is 122 Å². The van der Waals surface area contributed by atoms with Crippen LogP contribution in [0.3, 0.4) is 0 Å². The Balaban J connectivity index is 1.51. The number of alkyl halides is 3. The molecule has 1 N–H and O–H groups in total. The van der Waals surface area contributed by atoms with Crippen molar-refractivity contribution in [3.63, 3.8) is 0 Å². The lowest BCUT2D eigenvalue weighted by molar-refractivity contribution is -0.272. The Morgan fingerprint density at radius 1 is 1.19 bits per heavy atom. The van der Waals surface area contributed by atoms with Gasteiger partial charge in [0.15, 0.2) is 5.60 Å². The first kappa shape index (κ1) is 15.1. The zero-order valence-electron chi connectivity index (χ0n) is 12.0. The zero-order valence-corrected chi connectivity index (χ0v) is 12.0. The predicted molar refractivity (Wildman–Crippen MR) is 70.4 cm³/mol. The van der Waals surface area contributed by atoms with E-state index in [4.69, 9.17) is 0 Å². The molecule has 0 aromatic heterocycles. The van der Waals surface area contributed by atoms with Crippen LogP contribution < -0.4 is 0 Å². The fourth-order valence-corrected chi connectivity index (χ4v) is 4.39. The Morgan fingerprint density at radius 3 is 2.33 bits per heavy atom. The maximum absolute atomic E-state index is 12.7. The van der Waals surface area contributed by atoms with Crippen molar-refractivity contribution in [2.45, 2.75) is 56.7 Å². The van der Waals surface area contributed by atoms with Crippen molar-refractivity contribution >= 4 is 5.91 Å². The van der Waals surface area contributed by atoms with Crippen LogP contribution in [0.1, 0.15) is 44.9 Å². The molecule has 1 aliphatic heterocycles. The van der Waals surface area contributed by atoms with Gasteiger partial charge in [0.05, 0.1) is 0 Å². The molecule has 1 saturated heterocycles. The summed E-state index contributed by atoms with van der Waals surface area (Å²) in [5.41, 5.74) is -2.61. The molecule has 21 heavy (non-hydrogen) atoms. The van der Waals surface area contributed by atoms with Gasteiger partial charge in [-0.25, -0.2) is 0 Å². The zero-order chi connectivity index (χ0) is 15.3. The molecule has 2 bridgehead atoms. The molecule has 6 heteroatoms. The number of piperidine rings is 1. The van der Waals surface area contributed by atoms with Crippen LogP contribution in [0.5, 0.6) is 0 Å². The van der Waals surface area contributed by atoms with Gasteiger partial charge in [-0.05, 0) is 37.0 Å². The quantitative estimate of drug-likeness (QED) is 0.852. The molecule has 0 spiro atoms. The van der Waals surface area contributed by atoms with E-state index in [1.165, 1.54) is 24.2 Å². The molecule has 3 rings (SSSR count). The third kappa shape index (κ3) is 2.79. The number of nitrogens with zero attached hydrogens (tertiary/aromatic N) is 1. The number of hydrogen-bond acceptors (Lipinski definition) is 2. The summed E-state index contributed by atoms with van der Waals surface area (Å²) in [5.74, 6) is 1.82. The number of rotatable bonds is 2. The summed E-state index contributed by atoms with van der Waals surface area (Å²) in [7, 11) is 0. The van der Waals surface area contributed by atoms with Gasteiger partial charge >= 0.3 is 6.18 Å². The average Bonchev–Trinajstić information content (AvgIpc) is 3.00. The van der Waals surface area contributed by atoms with Crippen molar-refractivity contribution in [2.24, 2.45) is 17.8 Å². The summed E-state index contributed by atoms with van der Waals surface area (Å²) >= 11 is 0. The molecular formula is C15H22F3NO2. The second-order valence-electron chi connectivity index (χ2n) is 7.05. The number of carbonyl (C=O) groups excluding carboxylic acids is 1. The fraction of sp³-hybridized carbons (Fsp3) is 0.933. The normalized spacial score (nSPS) is 35.2. The van der Waals surface area contributed by atoms with Crippen LogP contribution >= 0.6 is 0 Å². The van der Waals surface area contributed by atoms with Crippen molar-refractivity contribution in [1.29, 1.82) is 0 Å². The summed E-state index contributed by atoms with van der Waals surface area (Å²) in [4.78, 5) is 13.8. The van der Waals surface area contributed by atoms with E-state index in [0.29, 0.717) is 18.3 Å². The molecule has 3 fully saturated rings. The van der Waals surface area contributed by atoms with E-state index in [-0.39, 0.29) is 19.0 Å². The second-order valence-corrected chi connectivity index (χ2v) is 7.05. The first-order valence-corrected chi connectivity index (χ1v) is 7.85. The number of hydrogen-bond donors (Lipinski definition) is 1. The number of halogens is 3. The van der Waals surface area contributed by atoms with Gasteiger partial charge in [-0.3, -0.25) is 4.79 Å². The van der Waals surface area contributed by atoms with Gasteiger partial charge in [0.1, 0.15) is 0 Å². The van der Waals surface area contributed by atoms with E-state index in [2.05, 4.69) is 0 Å². The largest absolute Gasteiger partial charge is 0.417 e. The molecule has 3 unspecified atom stereocenters. The summed E-state index contributed by atoms with van der Waals surface area (Å²) in [5, 5.41) is 9.61. The molecule has 1 heterocycles. The third-order valence-electron chi connectivity index (χ3n) is 5.79. The maximum atomic E-state index is 12.7. The fourth-order valence-electron chi connectivity index (χ4n) is 4.39. The number of amides is 1. The van der Waals surface area contributed by atoms with Crippen LogP contribution in [0.4, 0.5) is 13.2 Å². The monoisotopic (exact) mass is 305 g/mol. The van der Waals surface area contributed by atoms with Gasteiger partial charge in [0.2, 0.25) is 5.91 Å². The van der Waals surface area contributed by atoms with Crippen LogP contribution in [-0.4, -0.2) is 40.8 Å². The lowest BCUT2D eigenvalue weighted by Gasteiger charge is -2.39. The van der Waals surface area contributed by atoms with E-state index in [9.17, 15) is 23.1 Å². The molecule has 2 saturated carbocycles. The highest BCUT2D eigenvalue weighted by atomic mass is 19.4. The van der Waals surface area contributed by atoms with E-state index in [1.807, 2.05) is 0 Å². The smallest absolute Gasteiger partial charge is 0.380 e. The van der Waals surface area contributed by atoms with Crippen molar-refractivity contribution in [1.82, 2.24) is 4.90 Å². The Kier molecular flexibility index (Phi) is 3.71. The van der Waals surface area contributed by atoms with Gasteiger partial charge in [0, 0.05) is 32.4 Å². The molecule has 0 aromatic rings. The van der Waals surface area contributed by atoms with E-state index < -0.39 is 24.6 Å². The number of fused-ring (bicyclic) bond motifs is 2. The van der Waals surface area contributed by atoms with Crippen LogP contribution in [0.2, 0.25) is 0 Å². The van der Waals surface area contributed by atoms with Gasteiger partial charge < -0.3 is 10.0 Å². The molecule has 2 aliphatic carbocycles. The molecule has 120 valence electrons. The predicted octanol–water partition coefficient (Wildman–Crippen LogP) is 2.73. The summed E-state index contributed by atoms with van der Waals surface area (Å²) in [6, 6.07) is 0. The number of likely N-dealkylation sites (tertiary alicyclic amines) is 1. The van der Waals surface area contributed by atoms with Crippen LogP contribution in [0.15, 0.2) is 0 Å². The standard InChI is InChI=1S/C15H22F3NO2/c16-15(17,18)14(21)3-5-19(6-4-14)13(20)9-12-8-10-1-2-11(12)7-10/h10-12,21H,1-9H2. The summed E-state index contributed by atoms with van der Waals surface area (Å²) in [6.45, 7) is 0.0192. The van der Waals surface area contributed by atoms with E-state index >= 15 is 0 Å². The Hall–Kier alpha value is -0.780. The van der Waals surface area contributed by atoms with Crippen molar-refractivity contribution in [2.75, 3.05) is 13.1 Å². The Morgan fingerprint density at radius 2 is 1.86 bits per heavy atom. The van der Waals surface area contributed by atoms with Crippen molar-refractivity contribution in [3.05, 3.63) is 0 Å². The molecular weight excluding hydrogens is 283 g/mol. The number of carbonyl (C=O) groups is 1. The maximum Gasteiger partial charge on any atom is 0.417 e. The number of aliphatic hydroxyl groups is 1. The topological polar surface area (TPSA) is 40.5 Å². The summed E-state index contributed by atoms with van der Waals surface area (Å²) < 4.78 is 38.2. The first-order valence-electron chi connectivity index (χ1n) is 7.85. The third-order valence-corrected chi connectivity index (χ3v) is 5.79. The highest BCUT2D eigenvalue weighted by Gasteiger charge is 2.55. The van der Waals surface area contributed by atoms with Gasteiger partial charge in [0.25, 0.3) is 0 Å². The minimum Gasteiger partial charge on any atom is -0.380 e. The van der Waals surface area contributed by atoms with Gasteiger partial charge in [-0.2, -0.15) is 13.2 Å². The molecule has 3 aliphatic rings. The SMILES string of the molecule is O=C(CC1CC2CCC1C2)N1CCC(O)(C(F)(F)F)CC1. The lowest BCUT2D eigenvalue weighted by Crippen LogP contribution is -2.54. The summed E-state index contributed by atoms with van der Waals surface area (Å²) in [6.07, 6.45) is -0.118.